The minimum atomic E-state index is -0.00388. The number of aryl methyl sites for hydroxylation is 1. The lowest BCUT2D eigenvalue weighted by Crippen LogP contribution is -2.22. The smallest absolute Gasteiger partial charge is 0.129 e. The first kappa shape index (κ1) is 8.20. The molecule has 14 heavy (non-hydrogen) atoms. The summed E-state index contributed by atoms with van der Waals surface area (Å²) >= 11 is 1.69. The largest absolute Gasteiger partial charge is 0.346 e. The van der Waals surface area contributed by atoms with Crippen LogP contribution < -0.4 is 11.1 Å². The molecule has 3 N–H and O–H groups in total. The number of hydrogen-bond acceptors (Lipinski definition) is 3. The van der Waals surface area contributed by atoms with Gasteiger partial charge in [0.15, 0.2) is 0 Å². The van der Waals surface area contributed by atoms with Crippen molar-refractivity contribution in [2.75, 3.05) is 5.32 Å². The first-order chi connectivity index (χ1) is 6.77. The van der Waals surface area contributed by atoms with E-state index in [1.807, 2.05) is 0 Å². The van der Waals surface area contributed by atoms with Crippen molar-refractivity contribution in [3.8, 4) is 0 Å². The predicted molar refractivity (Wildman–Crippen MR) is 60.4 cm³/mol. The molecule has 1 aromatic carbocycles. The van der Waals surface area contributed by atoms with Crippen LogP contribution in [0.2, 0.25) is 0 Å². The van der Waals surface area contributed by atoms with Crippen molar-refractivity contribution in [1.82, 2.24) is 4.57 Å². The van der Waals surface area contributed by atoms with Gasteiger partial charge < -0.3 is 15.6 Å². The number of rotatable bonds is 0. The summed E-state index contributed by atoms with van der Waals surface area (Å²) in [5.74, 6) is 1.14. The van der Waals surface area contributed by atoms with E-state index >= 15 is 0 Å². The fourth-order valence-electron chi connectivity index (χ4n) is 1.93. The Labute approximate surface area is 86.3 Å². The van der Waals surface area contributed by atoms with Gasteiger partial charge in [0.25, 0.3) is 0 Å². The average Bonchev–Trinajstić information content (AvgIpc) is 2.68. The number of nitrogens with one attached hydrogen (secondary N) is 1. The predicted octanol–water partition coefficient (Wildman–Crippen LogP) is 1.94. The molecule has 0 spiro atoms. The van der Waals surface area contributed by atoms with E-state index < -0.39 is 0 Å². The third kappa shape index (κ3) is 0.923. The van der Waals surface area contributed by atoms with E-state index in [0.29, 0.717) is 0 Å². The van der Waals surface area contributed by atoms with Crippen LogP contribution in [0.5, 0.6) is 0 Å². The van der Waals surface area contributed by atoms with Crippen LogP contribution in [0.4, 0.5) is 5.82 Å². The van der Waals surface area contributed by atoms with Gasteiger partial charge in [0.1, 0.15) is 11.3 Å². The third-order valence-electron chi connectivity index (χ3n) is 2.58. The lowest BCUT2D eigenvalue weighted by atomic mass is 10.2. The number of nitrogens with two attached hydrogens (primary N) is 1. The zero-order chi connectivity index (χ0) is 9.71. The fraction of sp³-hybridized carbons (Fsp3) is 0.200. The molecule has 0 radical (unpaired) electrons. The number of anilines is 1. The lowest BCUT2D eigenvalue weighted by Gasteiger charge is -2.06. The second-order valence-electron chi connectivity index (χ2n) is 3.44. The van der Waals surface area contributed by atoms with Gasteiger partial charge in [-0.05, 0) is 6.07 Å². The van der Waals surface area contributed by atoms with Crippen LogP contribution in [0.3, 0.4) is 0 Å². The molecule has 2 heterocycles. The molecule has 0 aliphatic carbocycles. The van der Waals surface area contributed by atoms with E-state index in [0.717, 1.165) is 5.82 Å². The van der Waals surface area contributed by atoms with Gasteiger partial charge in [-0.25, -0.2) is 0 Å². The second-order valence-corrected chi connectivity index (χ2v) is 4.59. The molecule has 0 bridgehead atoms. The van der Waals surface area contributed by atoms with E-state index in [1.165, 1.54) is 15.8 Å². The Morgan fingerprint density at radius 3 is 3.07 bits per heavy atom. The quantitative estimate of drug-likeness (QED) is 0.690. The molecule has 0 fully saturated rings. The van der Waals surface area contributed by atoms with Crippen molar-refractivity contribution in [3.63, 3.8) is 0 Å². The Morgan fingerprint density at radius 1 is 1.43 bits per heavy atom. The first-order valence-corrected chi connectivity index (χ1v) is 5.41. The Morgan fingerprint density at radius 2 is 2.21 bits per heavy atom. The molecular formula is C10H11N3S. The molecule has 1 unspecified atom stereocenters. The van der Waals surface area contributed by atoms with Gasteiger partial charge >= 0.3 is 0 Å². The van der Waals surface area contributed by atoms with E-state index in [1.54, 1.807) is 11.8 Å². The van der Waals surface area contributed by atoms with E-state index in [4.69, 9.17) is 5.73 Å². The van der Waals surface area contributed by atoms with E-state index in [-0.39, 0.29) is 5.50 Å². The summed E-state index contributed by atoms with van der Waals surface area (Å²) in [7, 11) is 2.06. The van der Waals surface area contributed by atoms with Gasteiger partial charge in [0.05, 0.1) is 10.4 Å². The average molecular weight is 205 g/mol. The number of hydrogen-bond donors (Lipinski definition) is 2. The first-order valence-electron chi connectivity index (χ1n) is 4.53. The van der Waals surface area contributed by atoms with Gasteiger partial charge in [0.2, 0.25) is 0 Å². The third-order valence-corrected chi connectivity index (χ3v) is 3.61. The molecular weight excluding hydrogens is 194 g/mol. The molecule has 1 aliphatic heterocycles. The van der Waals surface area contributed by atoms with Gasteiger partial charge in [-0.1, -0.05) is 30.0 Å². The molecule has 1 atom stereocenters. The van der Waals surface area contributed by atoms with Gasteiger partial charge in [-0.3, -0.25) is 0 Å². The Bertz CT molecular complexity index is 503. The summed E-state index contributed by atoms with van der Waals surface area (Å²) < 4.78 is 2.16. The maximum absolute atomic E-state index is 5.83. The zero-order valence-corrected chi connectivity index (χ0v) is 8.64. The summed E-state index contributed by atoms with van der Waals surface area (Å²) in [4.78, 5) is 1.27. The Kier molecular flexibility index (Phi) is 1.57. The summed E-state index contributed by atoms with van der Waals surface area (Å²) in [6.45, 7) is 0. The molecule has 0 saturated carbocycles. The van der Waals surface area contributed by atoms with Crippen LogP contribution in [0.15, 0.2) is 29.2 Å². The SMILES string of the molecule is Cn1c2c(c3ccccc31)SC(N)N2. The highest BCUT2D eigenvalue weighted by atomic mass is 32.2. The number of para-hydroxylation sites is 1. The number of nitrogens with zero attached hydrogens (tertiary/aromatic N) is 1. The highest BCUT2D eigenvalue weighted by Gasteiger charge is 2.24. The molecule has 3 rings (SSSR count). The monoisotopic (exact) mass is 205 g/mol. The minimum absolute atomic E-state index is 0.00388. The molecule has 1 aliphatic rings. The van der Waals surface area contributed by atoms with Crippen LogP contribution in [0.1, 0.15) is 0 Å². The van der Waals surface area contributed by atoms with E-state index in [2.05, 4.69) is 41.2 Å². The fourth-order valence-corrected chi connectivity index (χ4v) is 2.96. The highest BCUT2D eigenvalue weighted by molar-refractivity contribution is 8.00. The molecule has 72 valence electrons. The highest BCUT2D eigenvalue weighted by Crippen LogP contribution is 2.43. The minimum Gasteiger partial charge on any atom is -0.346 e. The maximum atomic E-state index is 5.83. The van der Waals surface area contributed by atoms with Gasteiger partial charge in [-0.15, -0.1) is 0 Å². The topological polar surface area (TPSA) is 43.0 Å². The summed E-state index contributed by atoms with van der Waals surface area (Å²) in [6.07, 6.45) is 0. The van der Waals surface area contributed by atoms with Crippen molar-refractivity contribution in [2.45, 2.75) is 10.4 Å². The van der Waals surface area contributed by atoms with Gasteiger partial charge in [0, 0.05) is 12.4 Å². The van der Waals surface area contributed by atoms with Crippen LogP contribution in [0, 0.1) is 0 Å². The normalized spacial score (nSPS) is 19.7. The number of fused-ring (bicyclic) bond motifs is 3. The zero-order valence-electron chi connectivity index (χ0n) is 7.82. The number of thioether (sulfide) groups is 1. The molecule has 0 amide bonds. The molecule has 4 heteroatoms. The summed E-state index contributed by atoms with van der Waals surface area (Å²) in [5.41, 5.74) is 7.08. The van der Waals surface area contributed by atoms with Gasteiger partial charge in [-0.2, -0.15) is 0 Å². The van der Waals surface area contributed by atoms with Crippen molar-refractivity contribution in [2.24, 2.45) is 12.8 Å². The summed E-state index contributed by atoms with van der Waals surface area (Å²) in [6, 6.07) is 8.39. The number of benzene rings is 1. The van der Waals surface area contributed by atoms with Crippen LogP contribution in [-0.4, -0.2) is 10.1 Å². The molecule has 1 aromatic heterocycles. The molecule has 3 nitrogen and oxygen atoms in total. The lowest BCUT2D eigenvalue weighted by molar-refractivity contribution is 0.937. The number of aromatic nitrogens is 1. The summed E-state index contributed by atoms with van der Waals surface area (Å²) in [5, 5.41) is 4.55. The van der Waals surface area contributed by atoms with Crippen LogP contribution >= 0.6 is 11.8 Å². The standard InChI is InChI=1S/C10H11N3S/c1-13-7-5-3-2-4-6(7)8-9(13)12-10(11)14-8/h2-5,10,12H,11H2,1H3. The van der Waals surface area contributed by atoms with Crippen LogP contribution in [0.25, 0.3) is 10.9 Å². The van der Waals surface area contributed by atoms with Crippen molar-refractivity contribution in [1.29, 1.82) is 0 Å². The molecule has 0 saturated heterocycles. The Balaban J connectivity index is 2.38. The van der Waals surface area contributed by atoms with Crippen molar-refractivity contribution >= 4 is 28.5 Å². The van der Waals surface area contributed by atoms with E-state index in [9.17, 15) is 0 Å². The second kappa shape index (κ2) is 2.68. The van der Waals surface area contributed by atoms with Crippen molar-refractivity contribution < 1.29 is 0 Å². The maximum Gasteiger partial charge on any atom is 0.129 e. The molecule has 2 aromatic rings. The Hall–Kier alpha value is -1.13. The van der Waals surface area contributed by atoms with Crippen LogP contribution in [-0.2, 0) is 7.05 Å². The van der Waals surface area contributed by atoms with Crippen molar-refractivity contribution in [3.05, 3.63) is 24.3 Å².